The average Bonchev–Trinajstić information content (AvgIpc) is 2.90. The third kappa shape index (κ3) is 3.84. The second kappa shape index (κ2) is 6.92. The first-order chi connectivity index (χ1) is 10.1. The van der Waals surface area contributed by atoms with Gasteiger partial charge in [-0.15, -0.1) is 0 Å². The normalized spacial score (nSPS) is 10.6. The minimum atomic E-state index is -0.400. The molecule has 1 amide bonds. The van der Waals surface area contributed by atoms with E-state index in [0.29, 0.717) is 6.42 Å². The highest BCUT2D eigenvalue weighted by atomic mass is 16.5. The van der Waals surface area contributed by atoms with E-state index in [-0.39, 0.29) is 12.5 Å². The van der Waals surface area contributed by atoms with Crippen LogP contribution in [0.1, 0.15) is 18.4 Å². The molecule has 21 heavy (non-hydrogen) atoms. The predicted molar refractivity (Wildman–Crippen MR) is 80.9 cm³/mol. The molecular formula is C16H20N2O3. The van der Waals surface area contributed by atoms with Gasteiger partial charge in [0, 0.05) is 30.6 Å². The summed E-state index contributed by atoms with van der Waals surface area (Å²) >= 11 is 0. The van der Waals surface area contributed by atoms with Crippen molar-refractivity contribution in [3.05, 3.63) is 36.0 Å². The third-order valence-corrected chi connectivity index (χ3v) is 3.53. The zero-order valence-corrected chi connectivity index (χ0v) is 12.4. The molecule has 0 aliphatic rings. The molecule has 0 aliphatic carbocycles. The standard InChI is InChI=1S/C16H20N2O3/c1-18(11-16(20)21-2)15(19)9-5-6-12-10-17-14-8-4-3-7-13(12)14/h3-4,7-8,10,17H,5-6,9,11H2,1-2H3. The molecule has 0 bridgehead atoms. The van der Waals surface area contributed by atoms with Gasteiger partial charge >= 0.3 is 5.97 Å². The maximum atomic E-state index is 11.9. The quantitative estimate of drug-likeness (QED) is 0.828. The summed E-state index contributed by atoms with van der Waals surface area (Å²) in [7, 11) is 2.93. The van der Waals surface area contributed by atoms with Gasteiger partial charge in [-0.1, -0.05) is 18.2 Å². The molecule has 0 fully saturated rings. The maximum Gasteiger partial charge on any atom is 0.325 e. The number of para-hydroxylation sites is 1. The molecule has 2 aromatic rings. The fourth-order valence-electron chi connectivity index (χ4n) is 2.31. The first-order valence-corrected chi connectivity index (χ1v) is 6.97. The van der Waals surface area contributed by atoms with Crippen molar-refractivity contribution in [3.63, 3.8) is 0 Å². The van der Waals surface area contributed by atoms with E-state index in [4.69, 9.17) is 0 Å². The van der Waals surface area contributed by atoms with Crippen molar-refractivity contribution >= 4 is 22.8 Å². The SMILES string of the molecule is COC(=O)CN(C)C(=O)CCCc1c[nH]c2ccccc12. The second-order valence-corrected chi connectivity index (χ2v) is 5.04. The molecule has 0 unspecified atom stereocenters. The summed E-state index contributed by atoms with van der Waals surface area (Å²) in [5.41, 5.74) is 2.33. The van der Waals surface area contributed by atoms with Crippen molar-refractivity contribution in [2.45, 2.75) is 19.3 Å². The van der Waals surface area contributed by atoms with Gasteiger partial charge in [-0.05, 0) is 24.5 Å². The van der Waals surface area contributed by atoms with Gasteiger partial charge in [0.05, 0.1) is 7.11 Å². The molecule has 0 atom stereocenters. The molecule has 0 saturated carbocycles. The Morgan fingerprint density at radius 1 is 1.29 bits per heavy atom. The second-order valence-electron chi connectivity index (χ2n) is 5.04. The molecule has 5 heteroatoms. The van der Waals surface area contributed by atoms with Gasteiger partial charge < -0.3 is 14.6 Å². The van der Waals surface area contributed by atoms with Crippen LogP contribution in [-0.4, -0.2) is 42.5 Å². The van der Waals surface area contributed by atoms with Gasteiger partial charge in [0.15, 0.2) is 0 Å². The number of aryl methyl sites for hydroxylation is 1. The maximum absolute atomic E-state index is 11.9. The number of likely N-dealkylation sites (N-methyl/N-ethyl adjacent to an activating group) is 1. The summed E-state index contributed by atoms with van der Waals surface area (Å²) in [6, 6.07) is 8.11. The molecule has 1 aromatic heterocycles. The molecule has 0 spiro atoms. The number of methoxy groups -OCH3 is 1. The van der Waals surface area contributed by atoms with Gasteiger partial charge in [0.2, 0.25) is 5.91 Å². The number of benzene rings is 1. The van der Waals surface area contributed by atoms with Crippen LogP contribution < -0.4 is 0 Å². The number of nitrogens with one attached hydrogen (secondary N) is 1. The summed E-state index contributed by atoms with van der Waals surface area (Å²) in [5.74, 6) is -0.442. The fraction of sp³-hybridized carbons (Fsp3) is 0.375. The highest BCUT2D eigenvalue weighted by Crippen LogP contribution is 2.19. The Labute approximate surface area is 123 Å². The lowest BCUT2D eigenvalue weighted by atomic mass is 10.1. The van der Waals surface area contributed by atoms with Gasteiger partial charge in [-0.2, -0.15) is 0 Å². The lowest BCUT2D eigenvalue weighted by Crippen LogP contribution is -2.32. The van der Waals surface area contributed by atoms with Crippen molar-refractivity contribution in [3.8, 4) is 0 Å². The number of ether oxygens (including phenoxy) is 1. The zero-order chi connectivity index (χ0) is 15.2. The van der Waals surface area contributed by atoms with Crippen molar-refractivity contribution < 1.29 is 14.3 Å². The minimum absolute atomic E-state index is 0.00240. The van der Waals surface area contributed by atoms with E-state index in [0.717, 1.165) is 18.4 Å². The molecule has 112 valence electrons. The Hall–Kier alpha value is -2.30. The molecule has 0 saturated heterocycles. The lowest BCUT2D eigenvalue weighted by molar-refractivity contribution is -0.146. The van der Waals surface area contributed by atoms with Crippen LogP contribution in [-0.2, 0) is 20.7 Å². The summed E-state index contributed by atoms with van der Waals surface area (Å²) in [5, 5.41) is 1.20. The number of nitrogens with zero attached hydrogens (tertiary/aromatic N) is 1. The van der Waals surface area contributed by atoms with Crippen LogP contribution in [0.4, 0.5) is 0 Å². The van der Waals surface area contributed by atoms with E-state index in [9.17, 15) is 9.59 Å². The Balaban J connectivity index is 1.84. The van der Waals surface area contributed by atoms with Crippen molar-refractivity contribution in [2.24, 2.45) is 0 Å². The highest BCUT2D eigenvalue weighted by molar-refractivity contribution is 5.83. The van der Waals surface area contributed by atoms with Crippen LogP contribution in [0, 0.1) is 0 Å². The Bertz CT molecular complexity index is 633. The molecule has 0 aliphatic heterocycles. The van der Waals surface area contributed by atoms with E-state index in [1.54, 1.807) is 7.05 Å². The van der Waals surface area contributed by atoms with Crippen LogP contribution >= 0.6 is 0 Å². The topological polar surface area (TPSA) is 62.4 Å². The van der Waals surface area contributed by atoms with Crippen molar-refractivity contribution in [1.82, 2.24) is 9.88 Å². The first kappa shape index (κ1) is 15.1. The first-order valence-electron chi connectivity index (χ1n) is 6.97. The summed E-state index contributed by atoms with van der Waals surface area (Å²) in [6.07, 6.45) is 4.01. The zero-order valence-electron chi connectivity index (χ0n) is 12.4. The summed E-state index contributed by atoms with van der Waals surface area (Å²) in [6.45, 7) is 0.00240. The summed E-state index contributed by atoms with van der Waals surface area (Å²) in [4.78, 5) is 27.6. The molecule has 1 aromatic carbocycles. The molecule has 0 radical (unpaired) electrons. The number of H-pyrrole nitrogens is 1. The molecule has 5 nitrogen and oxygen atoms in total. The van der Waals surface area contributed by atoms with Gasteiger partial charge in [-0.3, -0.25) is 9.59 Å². The van der Waals surface area contributed by atoms with Crippen LogP contribution in [0.3, 0.4) is 0 Å². The Morgan fingerprint density at radius 2 is 2.05 bits per heavy atom. The number of carbonyl (C=O) groups excluding carboxylic acids is 2. The summed E-state index contributed by atoms with van der Waals surface area (Å²) < 4.78 is 4.55. The lowest BCUT2D eigenvalue weighted by Gasteiger charge is -2.15. The van der Waals surface area contributed by atoms with E-state index in [2.05, 4.69) is 15.8 Å². The van der Waals surface area contributed by atoms with Gasteiger partial charge in [-0.25, -0.2) is 0 Å². The monoisotopic (exact) mass is 288 g/mol. The predicted octanol–water partition coefficient (Wildman–Crippen LogP) is 2.12. The number of aromatic amines is 1. The Kier molecular flexibility index (Phi) is 4.98. The number of rotatable bonds is 6. The van der Waals surface area contributed by atoms with Crippen LogP contribution in [0.25, 0.3) is 10.9 Å². The van der Waals surface area contributed by atoms with Gasteiger partial charge in [0.1, 0.15) is 6.54 Å². The minimum Gasteiger partial charge on any atom is -0.468 e. The van der Waals surface area contributed by atoms with Crippen LogP contribution in [0.5, 0.6) is 0 Å². The number of hydrogen-bond donors (Lipinski definition) is 1. The number of esters is 1. The van der Waals surface area contributed by atoms with Crippen molar-refractivity contribution in [2.75, 3.05) is 20.7 Å². The van der Waals surface area contributed by atoms with Crippen LogP contribution in [0.2, 0.25) is 0 Å². The van der Waals surface area contributed by atoms with Crippen LogP contribution in [0.15, 0.2) is 30.5 Å². The smallest absolute Gasteiger partial charge is 0.325 e. The van der Waals surface area contributed by atoms with E-state index in [1.807, 2.05) is 24.4 Å². The highest BCUT2D eigenvalue weighted by Gasteiger charge is 2.13. The average molecular weight is 288 g/mol. The molecule has 2 rings (SSSR count). The fourth-order valence-corrected chi connectivity index (χ4v) is 2.31. The van der Waals surface area contributed by atoms with E-state index < -0.39 is 5.97 Å². The number of amides is 1. The van der Waals surface area contributed by atoms with Crippen molar-refractivity contribution in [1.29, 1.82) is 0 Å². The Morgan fingerprint density at radius 3 is 2.81 bits per heavy atom. The van der Waals surface area contributed by atoms with E-state index in [1.165, 1.54) is 23.0 Å². The third-order valence-electron chi connectivity index (χ3n) is 3.53. The van der Waals surface area contributed by atoms with Gasteiger partial charge in [0.25, 0.3) is 0 Å². The largest absolute Gasteiger partial charge is 0.468 e. The number of fused-ring (bicyclic) bond motifs is 1. The van der Waals surface area contributed by atoms with E-state index >= 15 is 0 Å². The number of carbonyl (C=O) groups is 2. The number of aromatic nitrogens is 1. The molecule has 1 heterocycles. The molecular weight excluding hydrogens is 268 g/mol. The molecule has 1 N–H and O–H groups in total. The number of hydrogen-bond acceptors (Lipinski definition) is 3.